The molecule has 0 aromatic heterocycles. The summed E-state index contributed by atoms with van der Waals surface area (Å²) in [5.41, 5.74) is 4.92. The van der Waals surface area contributed by atoms with Gasteiger partial charge in [-0.05, 0) is 19.1 Å². The smallest absolute Gasteiger partial charge is 0.342 e. The number of alkyl halides is 1. The summed E-state index contributed by atoms with van der Waals surface area (Å²) in [4.78, 5) is 22.2. The first-order chi connectivity index (χ1) is 9.29. The zero-order chi connectivity index (χ0) is 15.4. The van der Waals surface area contributed by atoms with Gasteiger partial charge in [0.25, 0.3) is 0 Å². The number of carbonyl (C=O) groups is 2. The van der Waals surface area contributed by atoms with Crippen LogP contribution in [-0.2, 0) is 9.53 Å². The fourth-order valence-corrected chi connectivity index (χ4v) is 2.04. The van der Waals surface area contributed by atoms with Crippen LogP contribution in [0.3, 0.4) is 0 Å². The van der Waals surface area contributed by atoms with Crippen LogP contribution >= 0.6 is 28.3 Å². The van der Waals surface area contributed by atoms with Crippen molar-refractivity contribution in [2.45, 2.75) is 19.1 Å². The van der Waals surface area contributed by atoms with E-state index in [9.17, 15) is 19.1 Å². The van der Waals surface area contributed by atoms with Gasteiger partial charge in [-0.3, -0.25) is 0 Å². The number of benzene rings is 1. The average molecular weight is 387 g/mol. The molecule has 0 saturated carbocycles. The molecule has 4 N–H and O–H groups in total. The number of aromatic hydroxyl groups is 1. The first kappa shape index (κ1) is 19.6. The maximum absolute atomic E-state index is 13.8. The van der Waals surface area contributed by atoms with Crippen LogP contribution in [0.4, 0.5) is 4.39 Å². The van der Waals surface area contributed by atoms with Crippen molar-refractivity contribution in [2.75, 3.05) is 6.61 Å². The number of rotatable bonds is 5. The summed E-state index contributed by atoms with van der Waals surface area (Å²) in [5, 5.41) is 18.7. The Morgan fingerprint density at radius 1 is 1.48 bits per heavy atom. The molecule has 0 saturated heterocycles. The molecular weight excluding hydrogens is 372 g/mol. The highest BCUT2D eigenvalue weighted by Crippen LogP contribution is 2.33. The summed E-state index contributed by atoms with van der Waals surface area (Å²) in [5.74, 6) is -3.25. The average Bonchev–Trinajstić information content (AvgIpc) is 2.39. The summed E-state index contributed by atoms with van der Waals surface area (Å²) in [7, 11) is 0. The minimum absolute atomic E-state index is 0. The number of ether oxygens (including phenoxy) is 1. The van der Waals surface area contributed by atoms with Crippen molar-refractivity contribution in [2.24, 2.45) is 5.73 Å². The normalized spacial score (nSPS) is 13.0. The van der Waals surface area contributed by atoms with E-state index in [0.29, 0.717) is 0 Å². The van der Waals surface area contributed by atoms with Gasteiger partial charge in [0.1, 0.15) is 11.3 Å². The minimum atomic E-state index is -2.21. The van der Waals surface area contributed by atoms with Gasteiger partial charge < -0.3 is 20.7 Å². The SMILES string of the molecule is CCOC(=O)C(F)[C@H](N)c1cc(Br)cc(C(=O)O)c1O.Cl. The maximum Gasteiger partial charge on any atom is 0.342 e. The second-order valence-corrected chi connectivity index (χ2v) is 4.79. The molecule has 0 heterocycles. The Balaban J connectivity index is 0.00000400. The number of carboxylic acid groups (broad SMARTS) is 1. The molecule has 0 aliphatic carbocycles. The van der Waals surface area contributed by atoms with E-state index in [1.165, 1.54) is 13.0 Å². The number of aromatic carboxylic acids is 1. The molecule has 2 atom stereocenters. The van der Waals surface area contributed by atoms with Crippen LogP contribution < -0.4 is 5.73 Å². The quantitative estimate of drug-likeness (QED) is 0.669. The van der Waals surface area contributed by atoms with E-state index in [2.05, 4.69) is 20.7 Å². The Bertz CT molecular complexity index is 543. The number of carboxylic acids is 1. The van der Waals surface area contributed by atoms with E-state index >= 15 is 0 Å². The van der Waals surface area contributed by atoms with Gasteiger partial charge in [-0.25, -0.2) is 14.0 Å². The zero-order valence-corrected chi connectivity index (χ0v) is 13.3. The Kier molecular flexibility index (Phi) is 7.62. The van der Waals surface area contributed by atoms with Crippen LogP contribution in [0, 0.1) is 0 Å². The number of phenols is 1. The van der Waals surface area contributed by atoms with E-state index in [1.807, 2.05) is 0 Å². The van der Waals surface area contributed by atoms with Gasteiger partial charge in [0.15, 0.2) is 0 Å². The van der Waals surface area contributed by atoms with Crippen molar-refractivity contribution in [3.63, 3.8) is 0 Å². The lowest BCUT2D eigenvalue weighted by Crippen LogP contribution is -2.31. The topological polar surface area (TPSA) is 110 Å². The number of nitrogens with two attached hydrogens (primary N) is 1. The van der Waals surface area contributed by atoms with Crippen LogP contribution in [0.1, 0.15) is 28.9 Å². The molecular formula is C12H14BrClFNO5. The van der Waals surface area contributed by atoms with E-state index < -0.39 is 35.5 Å². The van der Waals surface area contributed by atoms with Gasteiger partial charge in [-0.2, -0.15) is 0 Å². The van der Waals surface area contributed by atoms with Crippen molar-refractivity contribution in [1.29, 1.82) is 0 Å². The van der Waals surface area contributed by atoms with Crippen molar-refractivity contribution >= 4 is 40.3 Å². The number of hydrogen-bond donors (Lipinski definition) is 3. The standard InChI is InChI=1S/C12H13BrFNO5.ClH/c1-2-20-12(19)8(14)9(15)6-3-5(13)4-7(10(6)16)11(17)18;/h3-4,8-9,16H,2,15H2,1H3,(H,17,18);1H/t8?,9-;/m1./s1. The van der Waals surface area contributed by atoms with E-state index in [0.717, 1.165) is 6.07 Å². The van der Waals surface area contributed by atoms with Gasteiger partial charge in [0.05, 0.1) is 12.6 Å². The molecule has 1 rings (SSSR count). The first-order valence-corrected chi connectivity index (χ1v) is 6.40. The van der Waals surface area contributed by atoms with Crippen molar-refractivity contribution < 1.29 is 28.9 Å². The molecule has 1 unspecified atom stereocenters. The van der Waals surface area contributed by atoms with E-state index in [-0.39, 0.29) is 29.1 Å². The van der Waals surface area contributed by atoms with Gasteiger partial charge in [-0.15, -0.1) is 12.4 Å². The number of carbonyl (C=O) groups excluding carboxylic acids is 1. The summed E-state index contributed by atoms with van der Waals surface area (Å²) in [6, 6.07) is 0.855. The summed E-state index contributed by atoms with van der Waals surface area (Å²) in [6.07, 6.45) is -2.21. The van der Waals surface area contributed by atoms with E-state index in [4.69, 9.17) is 10.8 Å². The minimum Gasteiger partial charge on any atom is -0.507 e. The highest BCUT2D eigenvalue weighted by molar-refractivity contribution is 9.10. The molecule has 0 aliphatic rings. The maximum atomic E-state index is 13.8. The third-order valence-electron chi connectivity index (χ3n) is 2.52. The van der Waals surface area contributed by atoms with Crippen molar-refractivity contribution in [3.05, 3.63) is 27.7 Å². The highest BCUT2D eigenvalue weighted by Gasteiger charge is 2.31. The lowest BCUT2D eigenvalue weighted by Gasteiger charge is -2.18. The summed E-state index contributed by atoms with van der Waals surface area (Å²) in [6.45, 7) is 1.49. The Morgan fingerprint density at radius 2 is 2.05 bits per heavy atom. The number of halogens is 3. The molecule has 0 spiro atoms. The van der Waals surface area contributed by atoms with Crippen LogP contribution in [0.5, 0.6) is 5.75 Å². The van der Waals surface area contributed by atoms with Crippen LogP contribution in [0.15, 0.2) is 16.6 Å². The molecule has 9 heteroatoms. The largest absolute Gasteiger partial charge is 0.507 e. The van der Waals surface area contributed by atoms with Crippen LogP contribution in [-0.4, -0.2) is 34.9 Å². The fraction of sp³-hybridized carbons (Fsp3) is 0.333. The van der Waals surface area contributed by atoms with Crippen molar-refractivity contribution in [3.8, 4) is 5.75 Å². The second kappa shape index (κ2) is 8.16. The monoisotopic (exact) mass is 385 g/mol. The van der Waals surface area contributed by atoms with E-state index in [1.54, 1.807) is 0 Å². The summed E-state index contributed by atoms with van der Waals surface area (Å²) < 4.78 is 18.6. The summed E-state index contributed by atoms with van der Waals surface area (Å²) >= 11 is 3.03. The molecule has 0 radical (unpaired) electrons. The van der Waals surface area contributed by atoms with Gasteiger partial charge >= 0.3 is 11.9 Å². The van der Waals surface area contributed by atoms with Crippen LogP contribution in [0.25, 0.3) is 0 Å². The molecule has 6 nitrogen and oxygen atoms in total. The Hall–Kier alpha value is -1.38. The highest BCUT2D eigenvalue weighted by atomic mass is 79.9. The Morgan fingerprint density at radius 3 is 2.52 bits per heavy atom. The second-order valence-electron chi connectivity index (χ2n) is 3.88. The molecule has 118 valence electrons. The molecule has 0 amide bonds. The van der Waals surface area contributed by atoms with Gasteiger partial charge in [0, 0.05) is 10.0 Å². The third-order valence-corrected chi connectivity index (χ3v) is 2.98. The van der Waals surface area contributed by atoms with Gasteiger partial charge in [0.2, 0.25) is 6.17 Å². The predicted octanol–water partition coefficient (Wildman–Crippen LogP) is 2.18. The third kappa shape index (κ3) is 4.55. The molecule has 0 aliphatic heterocycles. The molecule has 1 aromatic carbocycles. The Labute approximate surface area is 134 Å². The van der Waals surface area contributed by atoms with Crippen molar-refractivity contribution in [1.82, 2.24) is 0 Å². The molecule has 0 fully saturated rings. The molecule has 0 bridgehead atoms. The fourth-order valence-electron chi connectivity index (χ4n) is 1.56. The number of esters is 1. The van der Waals surface area contributed by atoms with Crippen LogP contribution in [0.2, 0.25) is 0 Å². The predicted molar refractivity (Wildman–Crippen MR) is 78.5 cm³/mol. The number of hydrogen-bond acceptors (Lipinski definition) is 5. The lowest BCUT2D eigenvalue weighted by molar-refractivity contribution is -0.149. The first-order valence-electron chi connectivity index (χ1n) is 5.61. The van der Waals surface area contributed by atoms with Gasteiger partial charge in [-0.1, -0.05) is 15.9 Å². The molecule has 1 aromatic rings. The zero-order valence-electron chi connectivity index (χ0n) is 10.9. The lowest BCUT2D eigenvalue weighted by atomic mass is 9.99. The molecule has 21 heavy (non-hydrogen) atoms.